The van der Waals surface area contributed by atoms with Crippen molar-refractivity contribution in [3.8, 4) is 0 Å². The Morgan fingerprint density at radius 3 is 2.71 bits per heavy atom. The van der Waals surface area contributed by atoms with Crippen LogP contribution in [0.4, 0.5) is 0 Å². The average Bonchev–Trinajstić information content (AvgIpc) is 2.76. The molecule has 2 aromatic rings. The molecule has 90 valence electrons. The molecule has 0 spiro atoms. The van der Waals surface area contributed by atoms with Crippen LogP contribution in [0.5, 0.6) is 0 Å². The summed E-state index contributed by atoms with van der Waals surface area (Å²) in [7, 11) is 0. The molecule has 0 saturated carbocycles. The molecule has 1 atom stereocenters. The van der Waals surface area contributed by atoms with Gasteiger partial charge in [0, 0.05) is 30.4 Å². The molecular formula is C12H13ClN2OS. The van der Waals surface area contributed by atoms with Crippen molar-refractivity contribution in [2.75, 3.05) is 6.54 Å². The maximum atomic E-state index is 9.89. The van der Waals surface area contributed by atoms with Gasteiger partial charge in [-0.15, -0.1) is 11.3 Å². The second-order valence-corrected chi connectivity index (χ2v) is 5.43. The van der Waals surface area contributed by atoms with E-state index in [1.807, 2.05) is 24.3 Å². The zero-order valence-electron chi connectivity index (χ0n) is 9.14. The van der Waals surface area contributed by atoms with E-state index in [1.165, 1.54) is 0 Å². The van der Waals surface area contributed by atoms with Crippen LogP contribution in [0, 0.1) is 0 Å². The van der Waals surface area contributed by atoms with Crippen LogP contribution in [0.25, 0.3) is 0 Å². The van der Waals surface area contributed by atoms with Gasteiger partial charge in [0.25, 0.3) is 0 Å². The van der Waals surface area contributed by atoms with E-state index in [0.717, 1.165) is 21.3 Å². The molecule has 2 N–H and O–H groups in total. The Balaban J connectivity index is 1.79. The first-order chi connectivity index (χ1) is 8.25. The van der Waals surface area contributed by atoms with Gasteiger partial charge in [-0.25, -0.2) is 0 Å². The molecule has 0 aliphatic heterocycles. The summed E-state index contributed by atoms with van der Waals surface area (Å²) < 4.78 is 0.788. The number of rotatable bonds is 5. The average molecular weight is 269 g/mol. The summed E-state index contributed by atoms with van der Waals surface area (Å²) in [6.45, 7) is 1.24. The maximum Gasteiger partial charge on any atom is 0.0931 e. The normalized spacial score (nSPS) is 12.6. The summed E-state index contributed by atoms with van der Waals surface area (Å²) in [5, 5.41) is 13.1. The van der Waals surface area contributed by atoms with Crippen molar-refractivity contribution in [1.82, 2.24) is 10.3 Å². The van der Waals surface area contributed by atoms with Gasteiger partial charge in [0.15, 0.2) is 0 Å². The monoisotopic (exact) mass is 268 g/mol. The van der Waals surface area contributed by atoms with E-state index in [2.05, 4.69) is 10.3 Å². The number of aliphatic hydroxyl groups is 1. The molecule has 0 amide bonds. The molecule has 2 aromatic heterocycles. The lowest BCUT2D eigenvalue weighted by molar-refractivity contribution is 0.174. The Hall–Kier alpha value is -0.940. The molecule has 3 nitrogen and oxygen atoms in total. The van der Waals surface area contributed by atoms with Gasteiger partial charge in [0.1, 0.15) is 0 Å². The number of thiophene rings is 1. The van der Waals surface area contributed by atoms with Gasteiger partial charge in [-0.1, -0.05) is 11.6 Å². The van der Waals surface area contributed by atoms with E-state index in [4.69, 9.17) is 11.6 Å². The highest BCUT2D eigenvalue weighted by molar-refractivity contribution is 7.16. The summed E-state index contributed by atoms with van der Waals surface area (Å²) in [5.41, 5.74) is 0.872. The zero-order chi connectivity index (χ0) is 12.1. The van der Waals surface area contributed by atoms with Crippen LogP contribution in [0.3, 0.4) is 0 Å². The standard InChI is InChI=1S/C12H13ClN2OS/c13-12-2-1-10(17-12)7-15-8-11(16)9-3-5-14-6-4-9/h1-6,11,15-16H,7-8H2. The fourth-order valence-corrected chi connectivity index (χ4v) is 2.54. The first-order valence-corrected chi connectivity index (χ1v) is 6.48. The van der Waals surface area contributed by atoms with Crippen LogP contribution >= 0.6 is 22.9 Å². The predicted molar refractivity (Wildman–Crippen MR) is 70.2 cm³/mol. The third-order valence-corrected chi connectivity index (χ3v) is 3.59. The number of hydrogen-bond donors (Lipinski definition) is 2. The Morgan fingerprint density at radius 2 is 2.06 bits per heavy atom. The van der Waals surface area contributed by atoms with Crippen molar-refractivity contribution in [3.63, 3.8) is 0 Å². The highest BCUT2D eigenvalue weighted by atomic mass is 35.5. The van der Waals surface area contributed by atoms with Gasteiger partial charge in [0.05, 0.1) is 10.4 Å². The number of halogens is 1. The molecule has 0 aromatic carbocycles. The van der Waals surface area contributed by atoms with Crippen molar-refractivity contribution < 1.29 is 5.11 Å². The number of nitrogens with zero attached hydrogens (tertiary/aromatic N) is 1. The molecule has 1 unspecified atom stereocenters. The minimum absolute atomic E-state index is 0.506. The number of aromatic nitrogens is 1. The van der Waals surface area contributed by atoms with Crippen LogP contribution in [-0.2, 0) is 6.54 Å². The van der Waals surface area contributed by atoms with Crippen molar-refractivity contribution in [1.29, 1.82) is 0 Å². The van der Waals surface area contributed by atoms with Gasteiger partial charge in [0.2, 0.25) is 0 Å². The molecule has 0 radical (unpaired) electrons. The summed E-state index contributed by atoms with van der Waals surface area (Å²) >= 11 is 7.38. The summed E-state index contributed by atoms with van der Waals surface area (Å²) in [6, 6.07) is 7.49. The molecule has 0 saturated heterocycles. The first kappa shape index (κ1) is 12.5. The van der Waals surface area contributed by atoms with Crippen molar-refractivity contribution in [2.45, 2.75) is 12.6 Å². The molecule has 2 rings (SSSR count). The summed E-state index contributed by atoms with van der Waals surface area (Å²) in [6.07, 6.45) is 2.85. The summed E-state index contributed by atoms with van der Waals surface area (Å²) in [5.74, 6) is 0. The Kier molecular flexibility index (Phi) is 4.50. The topological polar surface area (TPSA) is 45.1 Å². The number of aliphatic hydroxyl groups excluding tert-OH is 1. The minimum Gasteiger partial charge on any atom is -0.387 e. The fourth-order valence-electron chi connectivity index (χ4n) is 1.48. The minimum atomic E-state index is -0.506. The molecule has 5 heteroatoms. The summed E-state index contributed by atoms with van der Waals surface area (Å²) in [4.78, 5) is 5.08. The third-order valence-electron chi connectivity index (χ3n) is 2.36. The fraction of sp³-hybridized carbons (Fsp3) is 0.250. The number of pyridine rings is 1. The SMILES string of the molecule is OC(CNCc1ccc(Cl)s1)c1ccncc1. The van der Waals surface area contributed by atoms with Gasteiger partial charge >= 0.3 is 0 Å². The van der Waals surface area contributed by atoms with E-state index >= 15 is 0 Å². The molecule has 0 aliphatic carbocycles. The van der Waals surface area contributed by atoms with E-state index in [1.54, 1.807) is 23.7 Å². The van der Waals surface area contributed by atoms with Crippen molar-refractivity contribution in [3.05, 3.63) is 51.4 Å². The van der Waals surface area contributed by atoms with Crippen molar-refractivity contribution in [2.24, 2.45) is 0 Å². The van der Waals surface area contributed by atoms with Gasteiger partial charge < -0.3 is 10.4 Å². The highest BCUT2D eigenvalue weighted by Gasteiger charge is 2.06. The molecule has 2 heterocycles. The van der Waals surface area contributed by atoms with Gasteiger partial charge in [-0.2, -0.15) is 0 Å². The second kappa shape index (κ2) is 6.12. The molecule has 0 aliphatic rings. The first-order valence-electron chi connectivity index (χ1n) is 5.28. The van der Waals surface area contributed by atoms with E-state index < -0.39 is 6.10 Å². The zero-order valence-corrected chi connectivity index (χ0v) is 10.7. The molecular weight excluding hydrogens is 256 g/mol. The Morgan fingerprint density at radius 1 is 1.29 bits per heavy atom. The molecule has 17 heavy (non-hydrogen) atoms. The lowest BCUT2D eigenvalue weighted by Gasteiger charge is -2.11. The van der Waals surface area contributed by atoms with E-state index in [9.17, 15) is 5.11 Å². The predicted octanol–water partition coefficient (Wildman–Crippen LogP) is 2.62. The number of hydrogen-bond acceptors (Lipinski definition) is 4. The van der Waals surface area contributed by atoms with Gasteiger partial charge in [-0.3, -0.25) is 4.98 Å². The van der Waals surface area contributed by atoms with Crippen molar-refractivity contribution >= 4 is 22.9 Å². The van der Waals surface area contributed by atoms with Crippen LogP contribution in [0.15, 0.2) is 36.7 Å². The molecule has 0 fully saturated rings. The Bertz CT molecular complexity index is 461. The maximum absolute atomic E-state index is 9.89. The quantitative estimate of drug-likeness (QED) is 0.876. The largest absolute Gasteiger partial charge is 0.387 e. The van der Waals surface area contributed by atoms with E-state index in [0.29, 0.717) is 6.54 Å². The van der Waals surface area contributed by atoms with Crippen LogP contribution < -0.4 is 5.32 Å². The highest BCUT2D eigenvalue weighted by Crippen LogP contribution is 2.21. The van der Waals surface area contributed by atoms with Crippen LogP contribution in [0.2, 0.25) is 4.34 Å². The third kappa shape index (κ3) is 3.78. The lowest BCUT2D eigenvalue weighted by Crippen LogP contribution is -2.20. The Labute approximate surface area is 109 Å². The van der Waals surface area contributed by atoms with Crippen LogP contribution in [0.1, 0.15) is 16.5 Å². The smallest absolute Gasteiger partial charge is 0.0931 e. The second-order valence-electron chi connectivity index (χ2n) is 3.63. The van der Waals surface area contributed by atoms with Gasteiger partial charge in [-0.05, 0) is 29.8 Å². The lowest BCUT2D eigenvalue weighted by atomic mass is 10.1. The van der Waals surface area contributed by atoms with E-state index in [-0.39, 0.29) is 0 Å². The molecule has 0 bridgehead atoms. The van der Waals surface area contributed by atoms with Crippen LogP contribution in [-0.4, -0.2) is 16.6 Å². The number of nitrogens with one attached hydrogen (secondary N) is 1.